The number of likely N-dealkylation sites (tertiary alicyclic amines) is 1. The van der Waals surface area contributed by atoms with Crippen molar-refractivity contribution in [3.05, 3.63) is 23.8 Å². The maximum absolute atomic E-state index is 13.7. The minimum atomic E-state index is -1.20. The van der Waals surface area contributed by atoms with E-state index in [9.17, 15) is 35.1 Å². The predicted octanol–water partition coefficient (Wildman–Crippen LogP) is 1.98. The number of hydrogen-bond donors (Lipinski definition) is 5. The Morgan fingerprint density at radius 2 is 1.62 bits per heavy atom. The minimum absolute atomic E-state index is 0.0460. The Balaban J connectivity index is 2.04. The highest BCUT2D eigenvalue weighted by Gasteiger charge is 2.47. The van der Waals surface area contributed by atoms with Crippen LogP contribution in [0.25, 0.3) is 0 Å². The molecule has 0 aromatic rings. The van der Waals surface area contributed by atoms with Crippen molar-refractivity contribution < 1.29 is 49.3 Å². The average Bonchev–Trinajstić information content (AvgIpc) is 3.11. The van der Waals surface area contributed by atoms with Crippen molar-refractivity contribution in [3.8, 4) is 0 Å². The largest absolute Gasteiger partial charge is 0.462 e. The molecule has 12 atom stereocenters. The number of likely N-dealkylation sites (N-methyl/N-ethyl adjacent to an activating group) is 1. The number of allylic oxidation sites excluding steroid dienone is 3. The summed E-state index contributed by atoms with van der Waals surface area (Å²) < 4.78 is 18.9. The van der Waals surface area contributed by atoms with E-state index in [1.54, 1.807) is 38.1 Å². The number of esters is 1. The molecule has 0 amide bonds. The second-order valence-corrected chi connectivity index (χ2v) is 16.0. The van der Waals surface area contributed by atoms with Gasteiger partial charge in [-0.2, -0.15) is 0 Å². The number of piperidine rings is 1. The zero-order chi connectivity index (χ0) is 39.2. The molecule has 3 aliphatic rings. The van der Waals surface area contributed by atoms with Crippen molar-refractivity contribution >= 4 is 11.8 Å². The van der Waals surface area contributed by atoms with Gasteiger partial charge in [0.15, 0.2) is 12.1 Å². The smallest absolute Gasteiger partial charge is 0.308 e. The fourth-order valence-corrected chi connectivity index (χ4v) is 8.26. The Kier molecular flexibility index (Phi) is 19.5. The first-order valence-electron chi connectivity index (χ1n) is 20.0. The average molecular weight is 754 g/mol. The van der Waals surface area contributed by atoms with Crippen LogP contribution in [-0.2, 0) is 23.8 Å². The summed E-state index contributed by atoms with van der Waals surface area (Å²) in [5.41, 5.74) is 0.816. The Morgan fingerprint density at radius 3 is 2.23 bits per heavy atom. The molecule has 3 aliphatic heterocycles. The second kappa shape index (κ2) is 22.7. The van der Waals surface area contributed by atoms with Crippen LogP contribution in [0.2, 0.25) is 0 Å². The molecule has 3 rings (SSSR count). The van der Waals surface area contributed by atoms with Gasteiger partial charge in [-0.05, 0) is 91.7 Å². The summed E-state index contributed by atoms with van der Waals surface area (Å²) in [6, 6.07) is -0.663. The lowest BCUT2D eigenvalue weighted by molar-refractivity contribution is -0.304. The van der Waals surface area contributed by atoms with Gasteiger partial charge in [-0.1, -0.05) is 44.9 Å². The van der Waals surface area contributed by atoms with Crippen LogP contribution in [-0.4, -0.2) is 168 Å². The number of hydrogen-bond acceptors (Lipinski definition) is 13. The SMILES string of the molecule is CC[C@H]1OC(=O)C[C@@H](O)[C@H](C)[C@@H](O[C@@H]2O[C@H](C)[C@@H](O)[C@H](N(C)C)[C@H]2O)[C@@H](CCN2CCCCC2)C[C@@H](C)C(=O)/C=C\C(C)=C/[C@@H]1CN(CCO)CCO. The van der Waals surface area contributed by atoms with Crippen molar-refractivity contribution in [2.24, 2.45) is 23.7 Å². The molecule has 2 fully saturated rings. The summed E-state index contributed by atoms with van der Waals surface area (Å²) >= 11 is 0. The fourth-order valence-electron chi connectivity index (χ4n) is 8.26. The van der Waals surface area contributed by atoms with Gasteiger partial charge in [-0.15, -0.1) is 0 Å². The molecule has 306 valence electrons. The highest BCUT2D eigenvalue weighted by Crippen LogP contribution is 2.35. The summed E-state index contributed by atoms with van der Waals surface area (Å²) in [6.45, 7) is 12.9. The molecule has 0 aliphatic carbocycles. The molecule has 0 saturated carbocycles. The van der Waals surface area contributed by atoms with Crippen LogP contribution >= 0.6 is 0 Å². The van der Waals surface area contributed by atoms with Crippen molar-refractivity contribution in [2.75, 3.05) is 66.6 Å². The second-order valence-electron chi connectivity index (χ2n) is 16.0. The lowest BCUT2D eigenvalue weighted by atomic mass is 9.79. The van der Waals surface area contributed by atoms with E-state index in [1.807, 2.05) is 38.7 Å². The van der Waals surface area contributed by atoms with E-state index in [1.165, 1.54) is 6.42 Å². The number of aliphatic hydroxyl groups excluding tert-OH is 5. The van der Waals surface area contributed by atoms with E-state index in [4.69, 9.17) is 14.2 Å². The maximum atomic E-state index is 13.7. The predicted molar refractivity (Wildman–Crippen MR) is 203 cm³/mol. The molecular weight excluding hydrogens is 682 g/mol. The van der Waals surface area contributed by atoms with Gasteiger partial charge in [-0.3, -0.25) is 14.5 Å². The Bertz CT molecular complexity index is 1160. The van der Waals surface area contributed by atoms with E-state index < -0.39 is 66.8 Å². The Hall–Kier alpha value is -1.78. The lowest BCUT2D eigenvalue weighted by Crippen LogP contribution is -2.63. The number of nitrogens with zero attached hydrogens (tertiary/aromatic N) is 3. The Morgan fingerprint density at radius 1 is 0.962 bits per heavy atom. The number of ketones is 1. The van der Waals surface area contributed by atoms with Crippen LogP contribution in [0.15, 0.2) is 23.8 Å². The summed E-state index contributed by atoms with van der Waals surface area (Å²) in [7, 11) is 3.56. The van der Waals surface area contributed by atoms with Crippen molar-refractivity contribution in [2.45, 2.75) is 129 Å². The van der Waals surface area contributed by atoms with Crippen LogP contribution in [0.1, 0.15) is 79.6 Å². The van der Waals surface area contributed by atoms with Gasteiger partial charge in [0.05, 0.1) is 50.1 Å². The highest BCUT2D eigenvalue weighted by atomic mass is 16.7. The molecule has 2 saturated heterocycles. The van der Waals surface area contributed by atoms with Crippen molar-refractivity contribution in [1.29, 1.82) is 0 Å². The monoisotopic (exact) mass is 754 g/mol. The maximum Gasteiger partial charge on any atom is 0.308 e. The molecular formula is C40H71N3O10. The van der Waals surface area contributed by atoms with Gasteiger partial charge >= 0.3 is 5.97 Å². The number of ether oxygens (including phenoxy) is 3. The van der Waals surface area contributed by atoms with Gasteiger partial charge in [0.1, 0.15) is 12.2 Å². The minimum Gasteiger partial charge on any atom is -0.462 e. The molecule has 0 aromatic heterocycles. The molecule has 3 heterocycles. The van der Waals surface area contributed by atoms with E-state index in [-0.39, 0.29) is 37.3 Å². The van der Waals surface area contributed by atoms with E-state index in [0.717, 1.165) is 38.0 Å². The van der Waals surface area contributed by atoms with Gasteiger partial charge in [0.2, 0.25) is 0 Å². The van der Waals surface area contributed by atoms with Crippen LogP contribution in [0, 0.1) is 23.7 Å². The van der Waals surface area contributed by atoms with Crippen molar-refractivity contribution in [1.82, 2.24) is 14.7 Å². The van der Waals surface area contributed by atoms with Gasteiger partial charge in [0, 0.05) is 37.4 Å². The summed E-state index contributed by atoms with van der Waals surface area (Å²) in [6.07, 6.45) is 3.73. The molecule has 0 unspecified atom stereocenters. The van der Waals surface area contributed by atoms with Crippen LogP contribution < -0.4 is 0 Å². The van der Waals surface area contributed by atoms with Crippen molar-refractivity contribution in [3.63, 3.8) is 0 Å². The van der Waals surface area contributed by atoms with E-state index >= 15 is 0 Å². The summed E-state index contributed by atoms with van der Waals surface area (Å²) in [4.78, 5) is 33.4. The highest BCUT2D eigenvalue weighted by molar-refractivity contribution is 5.91. The first kappa shape index (κ1) is 45.6. The van der Waals surface area contributed by atoms with Crippen LogP contribution in [0.3, 0.4) is 0 Å². The molecule has 0 aromatic carbocycles. The molecule has 13 nitrogen and oxygen atoms in total. The third-order valence-electron chi connectivity index (χ3n) is 11.5. The van der Waals surface area contributed by atoms with Crippen LogP contribution in [0.5, 0.6) is 0 Å². The van der Waals surface area contributed by atoms with E-state index in [2.05, 4.69) is 4.90 Å². The standard InChI is InChI=1S/C40H71N3O10/c1-8-34-31(25-43(18-20-44)19-21-45)22-26(2)12-13-32(46)27(3)23-30(14-17-42-15-10-9-11-16-42)39(28(4)33(47)24-35(48)52-34)53-40-38(50)36(41(6)7)37(49)29(5)51-40/h12-13,22,27-31,33-34,36-40,44-45,47,49-50H,8-11,14-21,23-25H2,1-7H3/b13-12-,26-22-/t27-,28+,29-,30+,31-,33-,34-,36+,37-,38-,39-,40+/m1/s1. The fraction of sp³-hybridized carbons (Fsp3) is 0.850. The molecule has 0 bridgehead atoms. The van der Waals surface area contributed by atoms with E-state index in [0.29, 0.717) is 38.9 Å². The summed E-state index contributed by atoms with van der Waals surface area (Å²) in [5.74, 6) is -2.19. The normalized spacial score (nSPS) is 37.7. The molecule has 0 spiro atoms. The molecule has 0 radical (unpaired) electrons. The lowest BCUT2D eigenvalue weighted by Gasteiger charge is -2.47. The molecule has 53 heavy (non-hydrogen) atoms. The summed E-state index contributed by atoms with van der Waals surface area (Å²) in [5, 5.41) is 53.5. The number of cyclic esters (lactones) is 1. The molecule has 5 N–H and O–H groups in total. The van der Waals surface area contributed by atoms with Gasteiger partial charge < -0.3 is 49.5 Å². The number of rotatable bonds is 13. The van der Waals surface area contributed by atoms with Gasteiger partial charge in [-0.25, -0.2) is 0 Å². The quantitative estimate of drug-likeness (QED) is 0.173. The zero-order valence-electron chi connectivity index (χ0n) is 33.4. The zero-order valence-corrected chi connectivity index (χ0v) is 33.4. The third kappa shape index (κ3) is 13.7. The number of aliphatic hydroxyl groups is 5. The molecule has 13 heteroatoms. The number of carbonyl (C=O) groups excluding carboxylic acids is 2. The first-order valence-corrected chi connectivity index (χ1v) is 20.0. The first-order chi connectivity index (χ1) is 25.2. The topological polar surface area (TPSA) is 173 Å². The van der Waals surface area contributed by atoms with Gasteiger partial charge in [0.25, 0.3) is 0 Å². The number of carbonyl (C=O) groups is 2. The third-order valence-corrected chi connectivity index (χ3v) is 11.5. The Labute approximate surface area is 317 Å². The van der Waals surface area contributed by atoms with Crippen LogP contribution in [0.4, 0.5) is 0 Å².